The standard InChI is InChI=1S/C19H21N5OS/c1-14-21-16(13-26-14)11-23-10-2-3-17(23)12-24-19(25)5-4-18(22-24)15-6-8-20-9-7-15/h4-9,13,17H,2-3,10-12H2,1H3. The molecular weight excluding hydrogens is 346 g/mol. The Morgan fingerprint density at radius 1 is 1.23 bits per heavy atom. The van der Waals surface area contributed by atoms with Crippen LogP contribution in [0.15, 0.2) is 46.8 Å². The van der Waals surface area contributed by atoms with E-state index in [4.69, 9.17) is 0 Å². The van der Waals surface area contributed by atoms with E-state index in [9.17, 15) is 4.79 Å². The highest BCUT2D eigenvalue weighted by atomic mass is 32.1. The Morgan fingerprint density at radius 3 is 2.85 bits per heavy atom. The molecule has 0 aromatic carbocycles. The van der Waals surface area contributed by atoms with Gasteiger partial charge in [0.25, 0.3) is 5.56 Å². The first-order valence-corrected chi connectivity index (χ1v) is 9.70. The molecule has 0 radical (unpaired) electrons. The van der Waals surface area contributed by atoms with Crippen LogP contribution in [0, 0.1) is 6.92 Å². The number of rotatable bonds is 5. The summed E-state index contributed by atoms with van der Waals surface area (Å²) in [6.45, 7) is 4.53. The van der Waals surface area contributed by atoms with Crippen LogP contribution in [0.4, 0.5) is 0 Å². The van der Waals surface area contributed by atoms with Gasteiger partial charge in [-0.1, -0.05) is 0 Å². The SMILES string of the molecule is Cc1nc(CN2CCCC2Cn2nc(-c3ccncc3)ccc2=O)cs1. The monoisotopic (exact) mass is 367 g/mol. The Labute approximate surface area is 156 Å². The normalized spacial score (nSPS) is 17.7. The fraction of sp³-hybridized carbons (Fsp3) is 0.368. The summed E-state index contributed by atoms with van der Waals surface area (Å²) >= 11 is 1.68. The van der Waals surface area contributed by atoms with Crippen molar-refractivity contribution < 1.29 is 0 Å². The van der Waals surface area contributed by atoms with Crippen LogP contribution in [0.2, 0.25) is 0 Å². The van der Waals surface area contributed by atoms with Crippen molar-refractivity contribution in [2.45, 2.75) is 38.9 Å². The van der Waals surface area contributed by atoms with Crippen LogP contribution in [-0.4, -0.2) is 37.2 Å². The van der Waals surface area contributed by atoms with E-state index in [0.29, 0.717) is 12.6 Å². The Hall–Kier alpha value is -2.38. The second kappa shape index (κ2) is 7.47. The molecule has 1 aliphatic heterocycles. The first-order valence-electron chi connectivity index (χ1n) is 8.83. The van der Waals surface area contributed by atoms with Gasteiger partial charge >= 0.3 is 0 Å². The van der Waals surface area contributed by atoms with Crippen LogP contribution in [-0.2, 0) is 13.1 Å². The lowest BCUT2D eigenvalue weighted by Gasteiger charge is -2.24. The Bertz CT molecular complexity index is 936. The van der Waals surface area contributed by atoms with Gasteiger partial charge in [-0.05, 0) is 44.5 Å². The minimum absolute atomic E-state index is 0.0563. The molecule has 1 fully saturated rings. The first kappa shape index (κ1) is 17.1. The molecule has 0 spiro atoms. The van der Waals surface area contributed by atoms with E-state index in [1.165, 1.54) is 0 Å². The van der Waals surface area contributed by atoms with Gasteiger partial charge in [0, 0.05) is 42.0 Å². The first-order chi connectivity index (χ1) is 12.7. The fourth-order valence-electron chi connectivity index (χ4n) is 3.45. The van der Waals surface area contributed by atoms with Crippen molar-refractivity contribution in [3.63, 3.8) is 0 Å². The summed E-state index contributed by atoms with van der Waals surface area (Å²) in [5.41, 5.74) is 2.83. The lowest BCUT2D eigenvalue weighted by atomic mass is 10.2. The molecule has 0 N–H and O–H groups in total. The molecule has 7 heteroatoms. The molecule has 1 aliphatic rings. The number of likely N-dealkylation sites (tertiary alicyclic amines) is 1. The summed E-state index contributed by atoms with van der Waals surface area (Å²) in [5.74, 6) is 0. The summed E-state index contributed by atoms with van der Waals surface area (Å²) in [7, 11) is 0. The summed E-state index contributed by atoms with van der Waals surface area (Å²) in [6, 6.07) is 7.51. The number of aryl methyl sites for hydroxylation is 1. The van der Waals surface area contributed by atoms with Crippen LogP contribution < -0.4 is 5.56 Å². The third kappa shape index (κ3) is 3.73. The summed E-state index contributed by atoms with van der Waals surface area (Å²) in [5, 5.41) is 7.81. The average Bonchev–Trinajstić information content (AvgIpc) is 3.27. The number of pyridine rings is 1. The largest absolute Gasteiger partial charge is 0.293 e. The van der Waals surface area contributed by atoms with Crippen molar-refractivity contribution in [3.05, 3.63) is 63.1 Å². The van der Waals surface area contributed by atoms with Gasteiger partial charge in [-0.3, -0.25) is 14.7 Å². The molecule has 3 aromatic heterocycles. The van der Waals surface area contributed by atoms with E-state index < -0.39 is 0 Å². The zero-order chi connectivity index (χ0) is 17.9. The second-order valence-corrected chi connectivity index (χ2v) is 7.66. The molecule has 1 unspecified atom stereocenters. The average molecular weight is 367 g/mol. The highest BCUT2D eigenvalue weighted by Crippen LogP contribution is 2.22. The maximum atomic E-state index is 12.3. The van der Waals surface area contributed by atoms with Gasteiger partial charge < -0.3 is 0 Å². The molecular formula is C19H21N5OS. The van der Waals surface area contributed by atoms with E-state index in [1.807, 2.05) is 19.1 Å². The van der Waals surface area contributed by atoms with Gasteiger partial charge in [-0.25, -0.2) is 9.67 Å². The van der Waals surface area contributed by atoms with Gasteiger partial charge in [0.05, 0.1) is 22.9 Å². The molecule has 26 heavy (non-hydrogen) atoms. The Balaban J connectivity index is 1.53. The topological polar surface area (TPSA) is 63.9 Å². The van der Waals surface area contributed by atoms with Crippen LogP contribution in [0.5, 0.6) is 0 Å². The smallest absolute Gasteiger partial charge is 0.266 e. The van der Waals surface area contributed by atoms with Gasteiger partial charge in [0.2, 0.25) is 0 Å². The third-order valence-corrected chi connectivity index (χ3v) is 5.58. The lowest BCUT2D eigenvalue weighted by Crippen LogP contribution is -2.36. The third-order valence-electron chi connectivity index (χ3n) is 4.76. The minimum atomic E-state index is -0.0563. The van der Waals surface area contributed by atoms with Crippen LogP contribution in [0.1, 0.15) is 23.5 Å². The zero-order valence-electron chi connectivity index (χ0n) is 14.7. The maximum Gasteiger partial charge on any atom is 0.266 e. The van der Waals surface area contributed by atoms with E-state index in [-0.39, 0.29) is 5.56 Å². The Kier molecular flexibility index (Phi) is 4.90. The van der Waals surface area contributed by atoms with Crippen molar-refractivity contribution in [1.82, 2.24) is 24.6 Å². The molecule has 3 aromatic rings. The molecule has 0 aliphatic carbocycles. The van der Waals surface area contributed by atoms with Gasteiger partial charge in [-0.15, -0.1) is 11.3 Å². The van der Waals surface area contributed by atoms with Crippen LogP contribution in [0.25, 0.3) is 11.3 Å². The van der Waals surface area contributed by atoms with Crippen LogP contribution in [0.3, 0.4) is 0 Å². The molecule has 4 rings (SSSR count). The van der Waals surface area contributed by atoms with Gasteiger partial charge in [-0.2, -0.15) is 5.10 Å². The molecule has 0 saturated carbocycles. The number of aromatic nitrogens is 4. The second-order valence-electron chi connectivity index (χ2n) is 6.60. The molecule has 1 saturated heterocycles. The zero-order valence-corrected chi connectivity index (χ0v) is 15.5. The number of nitrogens with zero attached hydrogens (tertiary/aromatic N) is 5. The molecule has 6 nitrogen and oxygen atoms in total. The number of hydrogen-bond acceptors (Lipinski definition) is 6. The van der Waals surface area contributed by atoms with Crippen molar-refractivity contribution in [3.8, 4) is 11.3 Å². The van der Waals surface area contributed by atoms with Crippen molar-refractivity contribution in [2.24, 2.45) is 0 Å². The molecule has 1 atom stereocenters. The summed E-state index contributed by atoms with van der Waals surface area (Å²) in [6.07, 6.45) is 5.70. The van der Waals surface area contributed by atoms with E-state index in [0.717, 1.165) is 47.9 Å². The number of thiazole rings is 1. The van der Waals surface area contributed by atoms with E-state index >= 15 is 0 Å². The highest BCUT2D eigenvalue weighted by Gasteiger charge is 2.26. The molecule has 0 bridgehead atoms. The van der Waals surface area contributed by atoms with Gasteiger partial charge in [0.15, 0.2) is 0 Å². The molecule has 4 heterocycles. The quantitative estimate of drug-likeness (QED) is 0.694. The van der Waals surface area contributed by atoms with E-state index in [2.05, 4.69) is 25.3 Å². The predicted molar refractivity (Wildman–Crippen MR) is 102 cm³/mol. The predicted octanol–water partition coefficient (Wildman–Crippen LogP) is 2.73. The highest BCUT2D eigenvalue weighted by molar-refractivity contribution is 7.09. The van der Waals surface area contributed by atoms with Crippen molar-refractivity contribution in [1.29, 1.82) is 0 Å². The van der Waals surface area contributed by atoms with E-state index in [1.54, 1.807) is 40.5 Å². The summed E-state index contributed by atoms with van der Waals surface area (Å²) in [4.78, 5) is 23.3. The lowest BCUT2D eigenvalue weighted by molar-refractivity contribution is 0.215. The van der Waals surface area contributed by atoms with Gasteiger partial charge in [0.1, 0.15) is 0 Å². The Morgan fingerprint density at radius 2 is 2.08 bits per heavy atom. The van der Waals surface area contributed by atoms with Crippen molar-refractivity contribution in [2.75, 3.05) is 6.54 Å². The maximum absolute atomic E-state index is 12.3. The molecule has 134 valence electrons. The van der Waals surface area contributed by atoms with Crippen molar-refractivity contribution >= 4 is 11.3 Å². The fourth-order valence-corrected chi connectivity index (χ4v) is 4.06. The van der Waals surface area contributed by atoms with Crippen LogP contribution >= 0.6 is 11.3 Å². The minimum Gasteiger partial charge on any atom is -0.293 e. The molecule has 0 amide bonds. The number of hydrogen-bond donors (Lipinski definition) is 0. The summed E-state index contributed by atoms with van der Waals surface area (Å²) < 4.78 is 1.60.